The number of methoxy groups -OCH3 is 1. The van der Waals surface area contributed by atoms with Crippen molar-refractivity contribution < 1.29 is 9.53 Å². The summed E-state index contributed by atoms with van der Waals surface area (Å²) in [5.41, 5.74) is 1.11. The predicted octanol–water partition coefficient (Wildman–Crippen LogP) is 1.48. The fraction of sp³-hybridized carbons (Fsp3) is 0.182. The van der Waals surface area contributed by atoms with Crippen molar-refractivity contribution in [2.24, 2.45) is 0 Å². The van der Waals surface area contributed by atoms with Crippen molar-refractivity contribution in [3.05, 3.63) is 36.2 Å². The van der Waals surface area contributed by atoms with E-state index in [4.69, 9.17) is 4.74 Å². The Morgan fingerprint density at radius 3 is 2.56 bits per heavy atom. The van der Waals surface area contributed by atoms with Crippen molar-refractivity contribution in [1.29, 1.82) is 0 Å². The van der Waals surface area contributed by atoms with Gasteiger partial charge in [-0.15, -0.1) is 0 Å². The summed E-state index contributed by atoms with van der Waals surface area (Å²) in [5, 5.41) is 8.01. The monoisotopic (exact) mass is 217 g/mol. The highest BCUT2D eigenvalue weighted by Crippen LogP contribution is 2.24. The molecule has 1 heterocycles. The third-order valence-electron chi connectivity index (χ3n) is 2.21. The highest BCUT2D eigenvalue weighted by Gasteiger charge is 2.15. The summed E-state index contributed by atoms with van der Waals surface area (Å²) in [6.07, 6.45) is 3.12. The van der Waals surface area contributed by atoms with Crippen LogP contribution in [0.4, 0.5) is 0 Å². The zero-order valence-corrected chi connectivity index (χ0v) is 9.04. The molecule has 0 unspecified atom stereocenters. The highest BCUT2D eigenvalue weighted by atomic mass is 16.5. The van der Waals surface area contributed by atoms with Crippen LogP contribution in [-0.4, -0.2) is 27.9 Å². The number of hydrogen-bond acceptors (Lipinski definition) is 4. The third kappa shape index (κ3) is 1.67. The molecule has 0 fully saturated rings. The topological polar surface area (TPSA) is 57.0 Å². The lowest BCUT2D eigenvalue weighted by atomic mass is 10.1. The fourth-order valence-electron chi connectivity index (χ4n) is 1.55. The zero-order valence-electron chi connectivity index (χ0n) is 9.04. The molecule has 1 aromatic carbocycles. The summed E-state index contributed by atoms with van der Waals surface area (Å²) in [4.78, 5) is 13.0. The minimum absolute atomic E-state index is 0.0789. The van der Waals surface area contributed by atoms with Gasteiger partial charge in [-0.3, -0.25) is 4.79 Å². The summed E-state index contributed by atoms with van der Waals surface area (Å²) < 4.78 is 5.16. The van der Waals surface area contributed by atoms with Crippen LogP contribution in [0.15, 0.2) is 30.6 Å². The van der Waals surface area contributed by atoms with Crippen molar-refractivity contribution in [3.8, 4) is 11.4 Å². The number of nitrogens with zero attached hydrogens (tertiary/aromatic N) is 3. The molecule has 0 aliphatic carbocycles. The number of carbonyl (C=O) groups excluding carboxylic acids is 1. The molecule has 0 amide bonds. The molecule has 0 saturated heterocycles. The van der Waals surface area contributed by atoms with E-state index in [-0.39, 0.29) is 5.78 Å². The van der Waals surface area contributed by atoms with E-state index < -0.39 is 0 Å². The van der Waals surface area contributed by atoms with Crippen molar-refractivity contribution >= 4 is 5.78 Å². The Kier molecular flexibility index (Phi) is 2.68. The van der Waals surface area contributed by atoms with E-state index in [1.807, 2.05) is 0 Å². The molecule has 16 heavy (non-hydrogen) atoms. The number of aromatic nitrogens is 3. The fourth-order valence-corrected chi connectivity index (χ4v) is 1.55. The van der Waals surface area contributed by atoms with E-state index in [1.165, 1.54) is 18.8 Å². The van der Waals surface area contributed by atoms with Crippen LogP contribution >= 0.6 is 0 Å². The van der Waals surface area contributed by atoms with Crippen LogP contribution in [0.5, 0.6) is 5.75 Å². The van der Waals surface area contributed by atoms with Crippen LogP contribution in [0.2, 0.25) is 0 Å². The van der Waals surface area contributed by atoms with Gasteiger partial charge in [0.15, 0.2) is 5.78 Å². The molecular formula is C11H11N3O2. The lowest BCUT2D eigenvalue weighted by Gasteiger charge is -2.10. The molecule has 0 atom stereocenters. The highest BCUT2D eigenvalue weighted by molar-refractivity contribution is 6.00. The molecule has 0 spiro atoms. The molecular weight excluding hydrogens is 206 g/mol. The number of rotatable bonds is 3. The number of ketones is 1. The first-order valence-corrected chi connectivity index (χ1v) is 4.78. The van der Waals surface area contributed by atoms with Crippen LogP contribution in [0, 0.1) is 0 Å². The molecule has 0 N–H and O–H groups in total. The molecule has 5 nitrogen and oxygen atoms in total. The van der Waals surface area contributed by atoms with Crippen molar-refractivity contribution in [2.75, 3.05) is 7.11 Å². The van der Waals surface area contributed by atoms with E-state index in [0.29, 0.717) is 17.0 Å². The Hall–Kier alpha value is -2.17. The van der Waals surface area contributed by atoms with Gasteiger partial charge in [0.1, 0.15) is 11.4 Å². The van der Waals surface area contributed by atoms with Crippen molar-refractivity contribution in [2.45, 2.75) is 6.92 Å². The van der Waals surface area contributed by atoms with Gasteiger partial charge < -0.3 is 4.74 Å². The van der Waals surface area contributed by atoms with E-state index >= 15 is 0 Å². The second-order valence-corrected chi connectivity index (χ2v) is 3.23. The lowest BCUT2D eigenvalue weighted by molar-refractivity contribution is 0.101. The van der Waals surface area contributed by atoms with E-state index in [1.54, 1.807) is 30.6 Å². The number of ether oxygens (including phenoxy) is 1. The van der Waals surface area contributed by atoms with Crippen LogP contribution in [0.1, 0.15) is 17.3 Å². The van der Waals surface area contributed by atoms with E-state index in [0.717, 1.165) is 0 Å². The summed E-state index contributed by atoms with van der Waals surface area (Å²) in [5.74, 6) is 0.451. The maximum Gasteiger partial charge on any atom is 0.165 e. The van der Waals surface area contributed by atoms with Gasteiger partial charge in [-0.1, -0.05) is 6.07 Å². The van der Waals surface area contributed by atoms with Gasteiger partial charge in [-0.2, -0.15) is 15.0 Å². The standard InChI is InChI=1S/C11H11N3O2/c1-8(15)11-9(14-12-6-7-13-14)4-3-5-10(11)16-2/h3-7H,1-2H3. The number of Topliss-reactive ketones (excluding diaryl/α,β-unsaturated/α-hetero) is 1. The zero-order chi connectivity index (χ0) is 11.5. The number of hydrogen-bond donors (Lipinski definition) is 0. The quantitative estimate of drug-likeness (QED) is 0.731. The van der Waals surface area contributed by atoms with Gasteiger partial charge in [0, 0.05) is 0 Å². The van der Waals surface area contributed by atoms with E-state index in [2.05, 4.69) is 10.2 Å². The molecule has 0 radical (unpaired) electrons. The van der Waals surface area contributed by atoms with Crippen LogP contribution < -0.4 is 4.74 Å². The Bertz CT molecular complexity index is 506. The normalized spacial score (nSPS) is 10.1. The first-order valence-electron chi connectivity index (χ1n) is 4.78. The average Bonchev–Trinajstić information content (AvgIpc) is 2.81. The second kappa shape index (κ2) is 4.14. The maximum atomic E-state index is 11.6. The molecule has 0 saturated carbocycles. The summed E-state index contributed by atoms with van der Waals surface area (Å²) in [7, 11) is 1.53. The predicted molar refractivity (Wildman–Crippen MR) is 57.9 cm³/mol. The lowest BCUT2D eigenvalue weighted by Crippen LogP contribution is -2.08. The van der Waals surface area contributed by atoms with Gasteiger partial charge in [-0.05, 0) is 19.1 Å². The SMILES string of the molecule is COc1cccc(-n2nccn2)c1C(C)=O. The molecule has 82 valence electrons. The van der Waals surface area contributed by atoms with Crippen molar-refractivity contribution in [3.63, 3.8) is 0 Å². The summed E-state index contributed by atoms with van der Waals surface area (Å²) >= 11 is 0. The first kappa shape index (κ1) is 10.4. The average molecular weight is 217 g/mol. The molecule has 1 aromatic heterocycles. The van der Waals surface area contributed by atoms with Crippen LogP contribution in [0.3, 0.4) is 0 Å². The molecule has 0 bridgehead atoms. The Labute approximate surface area is 92.7 Å². The molecule has 0 aliphatic heterocycles. The van der Waals surface area contributed by atoms with E-state index in [9.17, 15) is 4.79 Å². The van der Waals surface area contributed by atoms with Crippen LogP contribution in [0.25, 0.3) is 5.69 Å². The molecule has 0 aliphatic rings. The number of benzene rings is 1. The largest absolute Gasteiger partial charge is 0.496 e. The minimum atomic E-state index is -0.0789. The summed E-state index contributed by atoms with van der Waals surface area (Å²) in [6.45, 7) is 1.49. The molecule has 2 aromatic rings. The van der Waals surface area contributed by atoms with Gasteiger partial charge >= 0.3 is 0 Å². The van der Waals surface area contributed by atoms with Crippen molar-refractivity contribution in [1.82, 2.24) is 15.0 Å². The Balaban J connectivity index is 2.65. The van der Waals surface area contributed by atoms with Gasteiger partial charge in [0.25, 0.3) is 0 Å². The smallest absolute Gasteiger partial charge is 0.165 e. The molecule has 5 heteroatoms. The Morgan fingerprint density at radius 1 is 1.31 bits per heavy atom. The first-order chi connectivity index (χ1) is 7.74. The molecule has 2 rings (SSSR count). The Morgan fingerprint density at radius 2 is 2.00 bits per heavy atom. The minimum Gasteiger partial charge on any atom is -0.496 e. The second-order valence-electron chi connectivity index (χ2n) is 3.23. The third-order valence-corrected chi connectivity index (χ3v) is 2.21. The van der Waals surface area contributed by atoms with Gasteiger partial charge in [-0.25, -0.2) is 0 Å². The van der Waals surface area contributed by atoms with Crippen LogP contribution in [-0.2, 0) is 0 Å². The van der Waals surface area contributed by atoms with Gasteiger partial charge in [0.2, 0.25) is 0 Å². The van der Waals surface area contributed by atoms with Gasteiger partial charge in [0.05, 0.1) is 25.1 Å². The maximum absolute atomic E-state index is 11.6. The number of carbonyl (C=O) groups is 1. The summed E-state index contributed by atoms with van der Waals surface area (Å²) in [6, 6.07) is 5.31.